The number of nitrogens with two attached hydrogens (primary N) is 1. The van der Waals surface area contributed by atoms with Crippen molar-refractivity contribution >= 4 is 17.7 Å². The minimum Gasteiger partial charge on any atom is -0.326 e. The summed E-state index contributed by atoms with van der Waals surface area (Å²) in [7, 11) is 0. The molecule has 3 heterocycles. The van der Waals surface area contributed by atoms with Gasteiger partial charge in [0, 0.05) is 37.7 Å². The Morgan fingerprint density at radius 3 is 2.75 bits per heavy atom. The van der Waals surface area contributed by atoms with Crippen LogP contribution in [0.3, 0.4) is 0 Å². The van der Waals surface area contributed by atoms with Gasteiger partial charge in [0.2, 0.25) is 11.8 Å². The van der Waals surface area contributed by atoms with E-state index in [1.54, 1.807) is 4.90 Å². The molecule has 2 unspecified atom stereocenters. The van der Waals surface area contributed by atoms with Crippen LogP contribution >= 0.6 is 0 Å². The maximum absolute atomic E-state index is 12.9. The molecular weight excluding hydrogens is 356 g/mol. The van der Waals surface area contributed by atoms with Crippen LogP contribution in [0.15, 0.2) is 18.2 Å². The second-order valence-electron chi connectivity index (χ2n) is 8.92. The predicted octanol–water partition coefficient (Wildman–Crippen LogP) is 1.01. The van der Waals surface area contributed by atoms with Crippen molar-refractivity contribution in [2.24, 2.45) is 11.1 Å². The Morgan fingerprint density at radius 1 is 1.25 bits per heavy atom. The van der Waals surface area contributed by atoms with Crippen molar-refractivity contribution in [2.45, 2.75) is 58.3 Å². The molecule has 3 N–H and O–H groups in total. The molecule has 150 valence electrons. The smallest absolute Gasteiger partial charge is 0.255 e. The zero-order chi connectivity index (χ0) is 20.1. The molecule has 3 aliphatic heterocycles. The first kappa shape index (κ1) is 19.1. The van der Waals surface area contributed by atoms with Crippen LogP contribution in [0.5, 0.6) is 0 Å². The van der Waals surface area contributed by atoms with E-state index in [-0.39, 0.29) is 35.6 Å². The normalized spacial score (nSPS) is 27.7. The molecule has 7 nitrogen and oxygen atoms in total. The number of benzene rings is 1. The Kier molecular flexibility index (Phi) is 4.75. The fourth-order valence-electron chi connectivity index (χ4n) is 4.43. The lowest BCUT2D eigenvalue weighted by Gasteiger charge is -2.42. The van der Waals surface area contributed by atoms with E-state index >= 15 is 0 Å². The van der Waals surface area contributed by atoms with E-state index in [0.717, 1.165) is 37.2 Å². The first-order valence-electron chi connectivity index (χ1n) is 9.99. The SMILES string of the molecule is CC1(C)CCN(Cc2cccc3c2CN(C2CCC(=O)NC2=O)C3=O)CC1N. The number of nitrogens with zero attached hydrogens (tertiary/aromatic N) is 2. The zero-order valence-electron chi connectivity index (χ0n) is 16.5. The van der Waals surface area contributed by atoms with Crippen LogP contribution in [0.1, 0.15) is 54.6 Å². The number of amides is 3. The topological polar surface area (TPSA) is 95.7 Å². The van der Waals surface area contributed by atoms with E-state index < -0.39 is 6.04 Å². The second kappa shape index (κ2) is 6.97. The number of hydrogen-bond acceptors (Lipinski definition) is 5. The molecule has 3 aliphatic rings. The average Bonchev–Trinajstić information content (AvgIpc) is 2.96. The summed E-state index contributed by atoms with van der Waals surface area (Å²) in [5, 5.41) is 2.35. The molecule has 1 aromatic carbocycles. The van der Waals surface area contributed by atoms with E-state index in [2.05, 4.69) is 30.1 Å². The van der Waals surface area contributed by atoms with Crippen molar-refractivity contribution in [3.8, 4) is 0 Å². The first-order chi connectivity index (χ1) is 13.3. The van der Waals surface area contributed by atoms with Gasteiger partial charge in [0.25, 0.3) is 5.91 Å². The van der Waals surface area contributed by atoms with Gasteiger partial charge in [0.1, 0.15) is 6.04 Å². The molecule has 1 aromatic rings. The predicted molar refractivity (Wildman–Crippen MR) is 104 cm³/mol. The van der Waals surface area contributed by atoms with Gasteiger partial charge in [0.05, 0.1) is 0 Å². The van der Waals surface area contributed by atoms with Gasteiger partial charge in [-0.1, -0.05) is 26.0 Å². The van der Waals surface area contributed by atoms with Gasteiger partial charge in [0.15, 0.2) is 0 Å². The highest BCUT2D eigenvalue weighted by Crippen LogP contribution is 2.33. The number of fused-ring (bicyclic) bond motifs is 1. The number of carbonyl (C=O) groups is 3. The van der Waals surface area contributed by atoms with Crippen LogP contribution in [0, 0.1) is 5.41 Å². The summed E-state index contributed by atoms with van der Waals surface area (Å²) in [6.45, 7) is 7.42. The number of hydrogen-bond donors (Lipinski definition) is 2. The molecule has 2 saturated heterocycles. The number of rotatable bonds is 3. The average molecular weight is 384 g/mol. The molecule has 0 saturated carbocycles. The molecule has 2 fully saturated rings. The Hall–Kier alpha value is -2.25. The van der Waals surface area contributed by atoms with Gasteiger partial charge in [-0.05, 0) is 42.0 Å². The summed E-state index contributed by atoms with van der Waals surface area (Å²) >= 11 is 0. The fraction of sp³-hybridized carbons (Fsp3) is 0.571. The maximum atomic E-state index is 12.9. The minimum absolute atomic E-state index is 0.122. The highest BCUT2D eigenvalue weighted by molar-refractivity contribution is 6.05. The van der Waals surface area contributed by atoms with Crippen molar-refractivity contribution in [1.29, 1.82) is 0 Å². The van der Waals surface area contributed by atoms with E-state index in [1.165, 1.54) is 0 Å². The highest BCUT2D eigenvalue weighted by Gasteiger charge is 2.40. The molecule has 4 rings (SSSR count). The number of piperidine rings is 2. The number of likely N-dealkylation sites (tertiary alicyclic amines) is 1. The summed E-state index contributed by atoms with van der Waals surface area (Å²) < 4.78 is 0. The van der Waals surface area contributed by atoms with Crippen LogP contribution in [0.2, 0.25) is 0 Å². The van der Waals surface area contributed by atoms with E-state index in [1.807, 2.05) is 12.1 Å². The van der Waals surface area contributed by atoms with Crippen LogP contribution < -0.4 is 11.1 Å². The van der Waals surface area contributed by atoms with Gasteiger partial charge >= 0.3 is 0 Å². The molecule has 7 heteroatoms. The van der Waals surface area contributed by atoms with Crippen molar-refractivity contribution in [1.82, 2.24) is 15.1 Å². The Bertz CT molecular complexity index is 835. The molecular formula is C21H28N4O3. The number of nitrogens with one attached hydrogen (secondary N) is 1. The van der Waals surface area contributed by atoms with Crippen LogP contribution in [0.4, 0.5) is 0 Å². The molecule has 0 bridgehead atoms. The summed E-state index contributed by atoms with van der Waals surface area (Å²) in [6.07, 6.45) is 1.70. The number of imide groups is 1. The van der Waals surface area contributed by atoms with Crippen molar-refractivity contribution < 1.29 is 14.4 Å². The van der Waals surface area contributed by atoms with E-state index in [0.29, 0.717) is 18.5 Å². The third kappa shape index (κ3) is 3.33. The molecule has 2 atom stereocenters. The summed E-state index contributed by atoms with van der Waals surface area (Å²) in [5.41, 5.74) is 9.29. The lowest BCUT2D eigenvalue weighted by molar-refractivity contribution is -0.136. The van der Waals surface area contributed by atoms with Crippen LogP contribution in [0.25, 0.3) is 0 Å². The Morgan fingerprint density at radius 2 is 2.04 bits per heavy atom. The van der Waals surface area contributed by atoms with Gasteiger partial charge in [-0.25, -0.2) is 0 Å². The molecule has 0 aliphatic carbocycles. The minimum atomic E-state index is -0.574. The van der Waals surface area contributed by atoms with E-state index in [4.69, 9.17) is 5.73 Å². The largest absolute Gasteiger partial charge is 0.326 e. The van der Waals surface area contributed by atoms with Gasteiger partial charge < -0.3 is 10.6 Å². The van der Waals surface area contributed by atoms with Crippen LogP contribution in [-0.2, 0) is 22.7 Å². The lowest BCUT2D eigenvalue weighted by atomic mass is 9.78. The van der Waals surface area contributed by atoms with Gasteiger partial charge in [-0.2, -0.15) is 0 Å². The molecule has 3 amide bonds. The maximum Gasteiger partial charge on any atom is 0.255 e. The zero-order valence-corrected chi connectivity index (χ0v) is 16.5. The standard InChI is InChI=1S/C21H28N4O3/c1-21(2)8-9-24(12-17(21)22)10-13-4-3-5-14-15(13)11-25(20(14)28)16-6-7-18(26)23-19(16)27/h3-5,16-17H,6-12,22H2,1-2H3,(H,23,26,27). The molecule has 0 radical (unpaired) electrons. The Balaban J connectivity index is 1.52. The number of carbonyl (C=O) groups excluding carboxylic acids is 3. The third-order valence-electron chi connectivity index (χ3n) is 6.60. The monoisotopic (exact) mass is 384 g/mol. The summed E-state index contributed by atoms with van der Waals surface area (Å²) in [4.78, 5) is 40.6. The summed E-state index contributed by atoms with van der Waals surface area (Å²) in [6, 6.07) is 5.35. The fourth-order valence-corrected chi connectivity index (χ4v) is 4.43. The van der Waals surface area contributed by atoms with Gasteiger partial charge in [-0.3, -0.25) is 24.6 Å². The Labute approximate surface area is 165 Å². The third-order valence-corrected chi connectivity index (χ3v) is 6.60. The van der Waals surface area contributed by atoms with Crippen molar-refractivity contribution in [3.05, 3.63) is 34.9 Å². The van der Waals surface area contributed by atoms with Crippen molar-refractivity contribution in [3.63, 3.8) is 0 Å². The summed E-state index contributed by atoms with van der Waals surface area (Å²) in [5.74, 6) is -0.763. The molecule has 28 heavy (non-hydrogen) atoms. The molecule has 0 spiro atoms. The lowest BCUT2D eigenvalue weighted by Crippen LogP contribution is -2.52. The van der Waals surface area contributed by atoms with E-state index in [9.17, 15) is 14.4 Å². The molecule has 0 aromatic heterocycles. The second-order valence-corrected chi connectivity index (χ2v) is 8.92. The highest BCUT2D eigenvalue weighted by atomic mass is 16.2. The van der Waals surface area contributed by atoms with Gasteiger partial charge in [-0.15, -0.1) is 0 Å². The van der Waals surface area contributed by atoms with Crippen molar-refractivity contribution in [2.75, 3.05) is 13.1 Å². The quantitative estimate of drug-likeness (QED) is 0.758. The first-order valence-corrected chi connectivity index (χ1v) is 9.99. The van der Waals surface area contributed by atoms with Crippen LogP contribution in [-0.4, -0.2) is 52.7 Å².